The maximum Gasteiger partial charge on any atom is 0.418 e. The normalized spacial score (nSPS) is 12.4. The van der Waals surface area contributed by atoms with E-state index in [0.29, 0.717) is 10.7 Å². The molecular weight excluding hydrogens is 425 g/mol. The molecule has 152 valence electrons. The third kappa shape index (κ3) is 4.83. The highest BCUT2D eigenvalue weighted by Crippen LogP contribution is 2.35. The third-order valence-corrected chi connectivity index (χ3v) is 5.76. The second-order valence-corrected chi connectivity index (χ2v) is 7.80. The number of nitrogens with zero attached hydrogens (tertiary/aromatic N) is 1. The minimum atomic E-state index is -4.62. The van der Waals surface area contributed by atoms with Gasteiger partial charge >= 0.3 is 12.1 Å². The highest BCUT2D eigenvalue weighted by atomic mass is 32.1. The van der Waals surface area contributed by atoms with Crippen molar-refractivity contribution in [1.29, 1.82) is 0 Å². The van der Waals surface area contributed by atoms with E-state index in [0.717, 1.165) is 29.0 Å². The van der Waals surface area contributed by atoms with Crippen molar-refractivity contribution in [3.63, 3.8) is 0 Å². The van der Waals surface area contributed by atoms with Crippen LogP contribution in [0.15, 0.2) is 41.1 Å². The van der Waals surface area contributed by atoms with Crippen LogP contribution in [0, 0.1) is 6.92 Å². The first-order valence-corrected chi connectivity index (χ1v) is 10.1. The second kappa shape index (κ2) is 8.34. The van der Waals surface area contributed by atoms with Gasteiger partial charge in [0.25, 0.3) is 5.91 Å². The van der Waals surface area contributed by atoms with Crippen LogP contribution >= 0.6 is 22.7 Å². The van der Waals surface area contributed by atoms with Crippen molar-refractivity contribution >= 4 is 40.2 Å². The molecule has 0 bridgehead atoms. The Balaban J connectivity index is 1.70. The second-order valence-electron chi connectivity index (χ2n) is 6.03. The fourth-order valence-corrected chi connectivity index (χ4v) is 4.10. The van der Waals surface area contributed by atoms with Crippen molar-refractivity contribution in [2.24, 2.45) is 0 Å². The van der Waals surface area contributed by atoms with E-state index in [1.54, 1.807) is 6.92 Å². The lowest BCUT2D eigenvalue weighted by Crippen LogP contribution is -2.30. The Bertz CT molecular complexity index is 1030. The number of thiazole rings is 1. The summed E-state index contributed by atoms with van der Waals surface area (Å²) >= 11 is 2.62. The van der Waals surface area contributed by atoms with Gasteiger partial charge in [0, 0.05) is 10.9 Å². The molecule has 0 saturated heterocycles. The SMILES string of the molecule is Cc1nc(-c2ccsc2)sc1C(=O)OC(C)C(=O)Nc1ccccc1C(F)(F)F. The minimum absolute atomic E-state index is 0.238. The van der Waals surface area contributed by atoms with Gasteiger partial charge in [0.2, 0.25) is 0 Å². The molecule has 2 aromatic heterocycles. The maximum atomic E-state index is 13.1. The van der Waals surface area contributed by atoms with Gasteiger partial charge in [-0.25, -0.2) is 9.78 Å². The average Bonchev–Trinajstić information content (AvgIpc) is 3.30. The lowest BCUT2D eigenvalue weighted by atomic mass is 10.1. The number of benzene rings is 1. The van der Waals surface area contributed by atoms with Crippen LogP contribution in [-0.2, 0) is 15.7 Å². The Labute approximate surface area is 172 Å². The molecule has 0 saturated carbocycles. The molecule has 0 aliphatic carbocycles. The summed E-state index contributed by atoms with van der Waals surface area (Å²) in [6.07, 6.45) is -5.92. The summed E-state index contributed by atoms with van der Waals surface area (Å²) in [4.78, 5) is 29.3. The lowest BCUT2D eigenvalue weighted by Gasteiger charge is -2.16. The smallest absolute Gasteiger partial charge is 0.418 e. The van der Waals surface area contributed by atoms with Crippen LogP contribution in [0.3, 0.4) is 0 Å². The highest BCUT2D eigenvalue weighted by molar-refractivity contribution is 7.17. The van der Waals surface area contributed by atoms with E-state index in [-0.39, 0.29) is 4.88 Å². The van der Waals surface area contributed by atoms with Crippen LogP contribution in [-0.4, -0.2) is 23.0 Å². The van der Waals surface area contributed by atoms with Gasteiger partial charge in [-0.2, -0.15) is 24.5 Å². The van der Waals surface area contributed by atoms with Crippen molar-refractivity contribution in [2.45, 2.75) is 26.1 Å². The standard InChI is InChI=1S/C19H15F3N2O3S2/c1-10-15(29-17(23-10)12-7-8-28-9-12)18(26)27-11(2)16(25)24-14-6-4-3-5-13(14)19(20,21)22/h3-9,11H,1-2H3,(H,24,25). The molecule has 1 N–H and O–H groups in total. The van der Waals surface area contributed by atoms with Gasteiger partial charge in [0.05, 0.1) is 16.9 Å². The fourth-order valence-electron chi connectivity index (χ4n) is 2.44. The minimum Gasteiger partial charge on any atom is -0.448 e. The van der Waals surface area contributed by atoms with E-state index >= 15 is 0 Å². The number of rotatable bonds is 5. The highest BCUT2D eigenvalue weighted by Gasteiger charge is 2.34. The zero-order valence-corrected chi connectivity index (χ0v) is 16.9. The number of halogens is 3. The molecule has 0 spiro atoms. The van der Waals surface area contributed by atoms with Crippen LogP contribution < -0.4 is 5.32 Å². The number of hydrogen-bond acceptors (Lipinski definition) is 6. The van der Waals surface area contributed by atoms with Crippen molar-refractivity contribution in [3.05, 3.63) is 57.2 Å². The Morgan fingerprint density at radius 3 is 2.59 bits per heavy atom. The predicted molar refractivity (Wildman–Crippen MR) is 105 cm³/mol. The van der Waals surface area contributed by atoms with Crippen LogP contribution in [0.5, 0.6) is 0 Å². The summed E-state index contributed by atoms with van der Waals surface area (Å²) in [6, 6.07) is 6.45. The molecule has 5 nitrogen and oxygen atoms in total. The number of hydrogen-bond donors (Lipinski definition) is 1. The molecule has 3 rings (SSSR count). The number of aromatic nitrogens is 1. The number of alkyl halides is 3. The van der Waals surface area contributed by atoms with Crippen molar-refractivity contribution in [1.82, 2.24) is 4.98 Å². The number of amides is 1. The summed E-state index contributed by atoms with van der Waals surface area (Å²) in [5.41, 5.74) is -0.0554. The molecule has 10 heteroatoms. The fraction of sp³-hybridized carbons (Fsp3) is 0.211. The molecule has 0 aliphatic heterocycles. The number of carbonyl (C=O) groups is 2. The first-order chi connectivity index (χ1) is 13.7. The molecular formula is C19H15F3N2O3S2. The van der Waals surface area contributed by atoms with Crippen molar-refractivity contribution < 1.29 is 27.5 Å². The van der Waals surface area contributed by atoms with E-state index in [1.165, 1.54) is 30.4 Å². The molecule has 2 heterocycles. The van der Waals surface area contributed by atoms with Crippen LogP contribution in [0.4, 0.5) is 18.9 Å². The topological polar surface area (TPSA) is 68.3 Å². The quantitative estimate of drug-likeness (QED) is 0.541. The van der Waals surface area contributed by atoms with E-state index in [4.69, 9.17) is 4.74 Å². The summed E-state index contributed by atoms with van der Waals surface area (Å²) in [6.45, 7) is 2.94. The summed E-state index contributed by atoms with van der Waals surface area (Å²) in [5, 5.41) is 6.59. The number of thiophene rings is 1. The van der Waals surface area contributed by atoms with Gasteiger partial charge in [-0.15, -0.1) is 11.3 Å². The van der Waals surface area contributed by atoms with Crippen LogP contribution in [0.1, 0.15) is 27.9 Å². The largest absolute Gasteiger partial charge is 0.448 e. The zero-order chi connectivity index (χ0) is 21.2. The Morgan fingerprint density at radius 1 is 1.21 bits per heavy atom. The van der Waals surface area contributed by atoms with Crippen molar-refractivity contribution in [3.8, 4) is 10.6 Å². The molecule has 1 unspecified atom stereocenters. The Morgan fingerprint density at radius 2 is 1.93 bits per heavy atom. The lowest BCUT2D eigenvalue weighted by molar-refractivity contribution is -0.137. The first kappa shape index (κ1) is 21.0. The monoisotopic (exact) mass is 440 g/mol. The predicted octanol–water partition coefficient (Wildman–Crippen LogP) is 5.38. The van der Waals surface area contributed by atoms with Gasteiger partial charge in [-0.1, -0.05) is 12.1 Å². The maximum absolute atomic E-state index is 13.1. The molecule has 1 amide bonds. The molecule has 1 atom stereocenters. The van der Waals surface area contributed by atoms with E-state index in [9.17, 15) is 22.8 Å². The van der Waals surface area contributed by atoms with E-state index in [1.807, 2.05) is 16.8 Å². The molecule has 3 aromatic rings. The van der Waals surface area contributed by atoms with E-state index < -0.39 is 35.4 Å². The van der Waals surface area contributed by atoms with Crippen LogP contribution in [0.2, 0.25) is 0 Å². The number of carbonyl (C=O) groups excluding carboxylic acids is 2. The van der Waals surface area contributed by atoms with Gasteiger partial charge < -0.3 is 10.1 Å². The molecule has 1 aromatic carbocycles. The van der Waals surface area contributed by atoms with E-state index in [2.05, 4.69) is 10.3 Å². The number of nitrogens with one attached hydrogen (secondary N) is 1. The average molecular weight is 440 g/mol. The van der Waals surface area contributed by atoms with Gasteiger partial charge in [0.1, 0.15) is 9.88 Å². The molecule has 0 radical (unpaired) electrons. The number of ether oxygens (including phenoxy) is 1. The number of para-hydroxylation sites is 1. The van der Waals surface area contributed by atoms with Gasteiger partial charge in [-0.3, -0.25) is 4.79 Å². The summed E-state index contributed by atoms with van der Waals surface area (Å²) in [5.74, 6) is -1.62. The third-order valence-electron chi connectivity index (χ3n) is 3.89. The zero-order valence-electron chi connectivity index (χ0n) is 15.2. The number of esters is 1. The number of aryl methyl sites for hydroxylation is 1. The number of anilines is 1. The first-order valence-electron chi connectivity index (χ1n) is 8.35. The van der Waals surface area contributed by atoms with Gasteiger partial charge in [-0.05, 0) is 37.4 Å². The Kier molecular flexibility index (Phi) is 6.04. The Hall–Kier alpha value is -2.72. The molecule has 0 fully saturated rings. The van der Waals surface area contributed by atoms with Gasteiger partial charge in [0.15, 0.2) is 6.10 Å². The summed E-state index contributed by atoms with van der Waals surface area (Å²) in [7, 11) is 0. The van der Waals surface area contributed by atoms with Crippen LogP contribution in [0.25, 0.3) is 10.6 Å². The summed E-state index contributed by atoms with van der Waals surface area (Å²) < 4.78 is 44.3. The molecule has 0 aliphatic rings. The molecule has 29 heavy (non-hydrogen) atoms. The van der Waals surface area contributed by atoms with Crippen molar-refractivity contribution in [2.75, 3.05) is 5.32 Å².